The Kier molecular flexibility index (Phi) is 7.20. The van der Waals surface area contributed by atoms with Crippen LogP contribution in [0.1, 0.15) is 52.9 Å². The van der Waals surface area contributed by atoms with Crippen LogP contribution in [-0.2, 0) is 0 Å². The van der Waals surface area contributed by atoms with Gasteiger partial charge < -0.3 is 10.6 Å². The molecule has 2 nitrogen and oxygen atoms in total. The summed E-state index contributed by atoms with van der Waals surface area (Å²) < 4.78 is 0. The molecule has 2 N–H and O–H groups in total. The topological polar surface area (TPSA) is 24.1 Å². The lowest BCUT2D eigenvalue weighted by atomic mass is 9.84. The SMILES string of the molecule is CCCCC(CC)C(CC)(NC)NC. The van der Waals surface area contributed by atoms with Gasteiger partial charge in [0.15, 0.2) is 0 Å². The minimum absolute atomic E-state index is 0.143. The van der Waals surface area contributed by atoms with Crippen LogP contribution in [0, 0.1) is 5.92 Å². The summed E-state index contributed by atoms with van der Waals surface area (Å²) in [5.74, 6) is 0.738. The van der Waals surface area contributed by atoms with Gasteiger partial charge >= 0.3 is 0 Å². The molecule has 0 aliphatic carbocycles. The normalized spacial score (nSPS) is 14.4. The van der Waals surface area contributed by atoms with Gasteiger partial charge in [-0.3, -0.25) is 0 Å². The van der Waals surface area contributed by atoms with E-state index in [4.69, 9.17) is 0 Å². The fourth-order valence-corrected chi connectivity index (χ4v) is 2.42. The molecule has 1 atom stereocenters. The summed E-state index contributed by atoms with van der Waals surface area (Å²) in [6, 6.07) is 0. The molecule has 2 heteroatoms. The summed E-state index contributed by atoms with van der Waals surface area (Å²) in [5.41, 5.74) is 0.143. The van der Waals surface area contributed by atoms with Crippen molar-refractivity contribution in [3.05, 3.63) is 0 Å². The average molecular weight is 200 g/mol. The summed E-state index contributed by atoms with van der Waals surface area (Å²) >= 11 is 0. The van der Waals surface area contributed by atoms with Crippen molar-refractivity contribution in [3.63, 3.8) is 0 Å². The van der Waals surface area contributed by atoms with E-state index in [0.29, 0.717) is 0 Å². The van der Waals surface area contributed by atoms with Crippen LogP contribution >= 0.6 is 0 Å². The van der Waals surface area contributed by atoms with Gasteiger partial charge in [0.05, 0.1) is 5.66 Å². The lowest BCUT2D eigenvalue weighted by Crippen LogP contribution is -2.58. The molecule has 0 aliphatic heterocycles. The fraction of sp³-hybridized carbons (Fsp3) is 1.00. The summed E-state index contributed by atoms with van der Waals surface area (Å²) in [5, 5.41) is 6.93. The van der Waals surface area contributed by atoms with Crippen LogP contribution in [0.3, 0.4) is 0 Å². The van der Waals surface area contributed by atoms with Gasteiger partial charge in [0.2, 0.25) is 0 Å². The van der Waals surface area contributed by atoms with Crippen molar-refractivity contribution >= 4 is 0 Å². The molecule has 0 spiro atoms. The van der Waals surface area contributed by atoms with Gasteiger partial charge in [-0.1, -0.05) is 40.0 Å². The van der Waals surface area contributed by atoms with E-state index in [1.54, 1.807) is 0 Å². The Balaban J connectivity index is 4.40. The molecule has 0 fully saturated rings. The zero-order valence-electron chi connectivity index (χ0n) is 10.6. The van der Waals surface area contributed by atoms with E-state index in [9.17, 15) is 0 Å². The highest BCUT2D eigenvalue weighted by molar-refractivity contribution is 4.88. The molecule has 14 heavy (non-hydrogen) atoms. The highest BCUT2D eigenvalue weighted by Gasteiger charge is 2.32. The zero-order valence-corrected chi connectivity index (χ0v) is 10.6. The zero-order chi connectivity index (χ0) is 11.0. The van der Waals surface area contributed by atoms with E-state index in [0.717, 1.165) is 12.3 Å². The first-order valence-electron chi connectivity index (χ1n) is 6.08. The first-order chi connectivity index (χ1) is 6.70. The molecule has 0 saturated carbocycles. The van der Waals surface area contributed by atoms with E-state index >= 15 is 0 Å². The van der Waals surface area contributed by atoms with Gasteiger partial charge in [-0.2, -0.15) is 0 Å². The van der Waals surface area contributed by atoms with Gasteiger partial charge in [0.25, 0.3) is 0 Å². The maximum atomic E-state index is 3.46. The second-order valence-electron chi connectivity index (χ2n) is 4.07. The number of hydrogen-bond donors (Lipinski definition) is 2. The molecule has 0 rings (SSSR count). The van der Waals surface area contributed by atoms with E-state index in [2.05, 4.69) is 45.5 Å². The molecule has 0 bridgehead atoms. The predicted octanol–water partition coefficient (Wildman–Crippen LogP) is 2.75. The standard InChI is InChI=1S/C12H28N2/c1-6-9-10-11(7-2)12(8-3,13-4)14-5/h11,13-14H,6-10H2,1-5H3. The number of unbranched alkanes of at least 4 members (excludes halogenated alkanes) is 1. The predicted molar refractivity (Wildman–Crippen MR) is 64.4 cm³/mol. The van der Waals surface area contributed by atoms with Crippen LogP contribution in [0.15, 0.2) is 0 Å². The molecule has 1 unspecified atom stereocenters. The van der Waals surface area contributed by atoms with Crippen molar-refractivity contribution in [3.8, 4) is 0 Å². The largest absolute Gasteiger partial charge is 0.302 e. The highest BCUT2D eigenvalue weighted by atomic mass is 15.2. The molecule has 0 aliphatic rings. The van der Waals surface area contributed by atoms with Crippen LogP contribution in [-0.4, -0.2) is 19.8 Å². The fourth-order valence-electron chi connectivity index (χ4n) is 2.42. The van der Waals surface area contributed by atoms with Crippen LogP contribution in [0.4, 0.5) is 0 Å². The maximum Gasteiger partial charge on any atom is 0.0708 e. The van der Waals surface area contributed by atoms with Crippen molar-refractivity contribution in [1.82, 2.24) is 10.6 Å². The van der Waals surface area contributed by atoms with Crippen LogP contribution < -0.4 is 10.6 Å². The second-order valence-corrected chi connectivity index (χ2v) is 4.07. The van der Waals surface area contributed by atoms with Crippen LogP contribution in [0.2, 0.25) is 0 Å². The number of rotatable bonds is 8. The summed E-state index contributed by atoms with van der Waals surface area (Å²) in [6.45, 7) is 6.81. The summed E-state index contributed by atoms with van der Waals surface area (Å²) in [6.07, 6.45) is 6.34. The molecular formula is C12H28N2. The molecule has 0 radical (unpaired) electrons. The molecule has 0 aromatic heterocycles. The van der Waals surface area contributed by atoms with Crippen molar-refractivity contribution in [2.45, 2.75) is 58.5 Å². The molecule has 0 heterocycles. The third-order valence-electron chi connectivity index (χ3n) is 3.55. The molecule has 0 amide bonds. The summed E-state index contributed by atoms with van der Waals surface area (Å²) in [7, 11) is 4.13. The maximum absolute atomic E-state index is 3.46. The van der Waals surface area contributed by atoms with E-state index in [-0.39, 0.29) is 5.66 Å². The average Bonchev–Trinajstić information content (AvgIpc) is 2.25. The van der Waals surface area contributed by atoms with Gasteiger partial charge in [0, 0.05) is 0 Å². The first-order valence-corrected chi connectivity index (χ1v) is 6.08. The van der Waals surface area contributed by atoms with Crippen molar-refractivity contribution in [2.24, 2.45) is 5.92 Å². The van der Waals surface area contributed by atoms with Crippen molar-refractivity contribution in [1.29, 1.82) is 0 Å². The Hall–Kier alpha value is -0.0800. The van der Waals surface area contributed by atoms with Crippen molar-refractivity contribution < 1.29 is 0 Å². The van der Waals surface area contributed by atoms with E-state index < -0.39 is 0 Å². The Morgan fingerprint density at radius 3 is 1.93 bits per heavy atom. The Bertz CT molecular complexity index is 122. The smallest absolute Gasteiger partial charge is 0.0708 e. The van der Waals surface area contributed by atoms with Gasteiger partial charge in [0.1, 0.15) is 0 Å². The van der Waals surface area contributed by atoms with E-state index in [1.165, 1.54) is 25.7 Å². The Morgan fingerprint density at radius 1 is 1.07 bits per heavy atom. The lowest BCUT2D eigenvalue weighted by molar-refractivity contribution is 0.156. The molecule has 0 saturated heterocycles. The van der Waals surface area contributed by atoms with Gasteiger partial charge in [-0.05, 0) is 32.9 Å². The lowest BCUT2D eigenvalue weighted by Gasteiger charge is -2.40. The monoisotopic (exact) mass is 200 g/mol. The molecule has 0 aromatic carbocycles. The highest BCUT2D eigenvalue weighted by Crippen LogP contribution is 2.26. The van der Waals surface area contributed by atoms with Gasteiger partial charge in [-0.15, -0.1) is 0 Å². The van der Waals surface area contributed by atoms with Gasteiger partial charge in [-0.25, -0.2) is 0 Å². The van der Waals surface area contributed by atoms with Crippen LogP contribution in [0.25, 0.3) is 0 Å². The minimum Gasteiger partial charge on any atom is -0.302 e. The minimum atomic E-state index is 0.143. The van der Waals surface area contributed by atoms with Crippen molar-refractivity contribution in [2.75, 3.05) is 14.1 Å². The molecule has 0 aromatic rings. The molecule has 86 valence electrons. The van der Waals surface area contributed by atoms with Crippen LogP contribution in [0.5, 0.6) is 0 Å². The second kappa shape index (κ2) is 7.24. The summed E-state index contributed by atoms with van der Waals surface area (Å²) in [4.78, 5) is 0. The van der Waals surface area contributed by atoms with E-state index in [1.807, 2.05) is 0 Å². The molecular weight excluding hydrogens is 172 g/mol. The quantitative estimate of drug-likeness (QED) is 0.589. The number of nitrogens with one attached hydrogen (secondary N) is 2. The first kappa shape index (κ1) is 13.9. The Morgan fingerprint density at radius 2 is 1.64 bits per heavy atom. The number of hydrogen-bond acceptors (Lipinski definition) is 2. The third kappa shape index (κ3) is 3.25. The third-order valence-corrected chi connectivity index (χ3v) is 3.55. The Labute approximate surface area is 89.9 Å².